The lowest BCUT2D eigenvalue weighted by Gasteiger charge is -2.21. The molecule has 4 heteroatoms. The molecule has 3 rings (SSSR count). The van der Waals surface area contributed by atoms with Gasteiger partial charge in [0.25, 0.3) is 0 Å². The van der Waals surface area contributed by atoms with Gasteiger partial charge in [-0.1, -0.05) is 6.07 Å². The highest BCUT2D eigenvalue weighted by Gasteiger charge is 2.16. The van der Waals surface area contributed by atoms with Gasteiger partial charge in [0.1, 0.15) is 0 Å². The van der Waals surface area contributed by atoms with Crippen LogP contribution in [0.2, 0.25) is 0 Å². The van der Waals surface area contributed by atoms with Gasteiger partial charge in [-0.15, -0.1) is 11.3 Å². The van der Waals surface area contributed by atoms with Gasteiger partial charge in [-0.05, 0) is 62.5 Å². The zero-order chi connectivity index (χ0) is 15.4. The third-order valence-electron chi connectivity index (χ3n) is 4.35. The van der Waals surface area contributed by atoms with Crippen molar-refractivity contribution in [3.05, 3.63) is 51.5 Å². The summed E-state index contributed by atoms with van der Waals surface area (Å²) in [5, 5.41) is 2.21. The summed E-state index contributed by atoms with van der Waals surface area (Å²) in [7, 11) is 0. The van der Waals surface area contributed by atoms with E-state index in [0.29, 0.717) is 0 Å². The van der Waals surface area contributed by atoms with Crippen molar-refractivity contribution in [2.24, 2.45) is 0 Å². The first-order valence-electron chi connectivity index (χ1n) is 8.11. The van der Waals surface area contributed by atoms with Crippen LogP contribution in [0.3, 0.4) is 0 Å². The second-order valence-corrected chi connectivity index (χ2v) is 7.20. The molecule has 0 amide bonds. The summed E-state index contributed by atoms with van der Waals surface area (Å²) < 4.78 is 0. The average molecular weight is 315 g/mol. The van der Waals surface area contributed by atoms with Crippen LogP contribution in [0.4, 0.5) is 0 Å². The Balaban J connectivity index is 1.54. The molecule has 3 heterocycles. The molecule has 0 aliphatic carbocycles. The van der Waals surface area contributed by atoms with Crippen LogP contribution in [0, 0.1) is 13.8 Å². The van der Waals surface area contributed by atoms with E-state index in [2.05, 4.69) is 58.3 Å². The normalized spacial score (nSPS) is 17.5. The molecule has 0 aromatic carbocycles. The van der Waals surface area contributed by atoms with Crippen LogP contribution in [-0.2, 0) is 13.1 Å². The molecule has 0 saturated carbocycles. The van der Waals surface area contributed by atoms with Crippen LogP contribution in [0.1, 0.15) is 28.2 Å². The van der Waals surface area contributed by atoms with E-state index in [1.807, 2.05) is 11.3 Å². The Hall–Kier alpha value is -1.23. The number of aromatic nitrogens is 1. The van der Waals surface area contributed by atoms with E-state index in [1.165, 1.54) is 35.6 Å². The zero-order valence-electron chi connectivity index (χ0n) is 13.6. The minimum absolute atomic E-state index is 0.980. The maximum atomic E-state index is 4.64. The lowest BCUT2D eigenvalue weighted by molar-refractivity contribution is 0.246. The first-order chi connectivity index (χ1) is 10.7. The number of nitrogens with zero attached hydrogens (tertiary/aromatic N) is 3. The summed E-state index contributed by atoms with van der Waals surface area (Å²) in [6.07, 6.45) is 1.25. The lowest BCUT2D eigenvalue weighted by atomic mass is 10.2. The predicted octanol–water partition coefficient (Wildman–Crippen LogP) is 3.47. The highest BCUT2D eigenvalue weighted by molar-refractivity contribution is 7.10. The van der Waals surface area contributed by atoms with E-state index in [4.69, 9.17) is 0 Å². The summed E-state index contributed by atoms with van der Waals surface area (Å²) in [4.78, 5) is 11.3. The minimum atomic E-state index is 0.980. The van der Waals surface area contributed by atoms with Crippen molar-refractivity contribution in [2.75, 3.05) is 26.2 Å². The Morgan fingerprint density at radius 3 is 2.45 bits per heavy atom. The van der Waals surface area contributed by atoms with Crippen molar-refractivity contribution >= 4 is 11.3 Å². The summed E-state index contributed by atoms with van der Waals surface area (Å²) in [6.45, 7) is 11.1. The van der Waals surface area contributed by atoms with Crippen LogP contribution in [0.15, 0.2) is 29.6 Å². The number of aryl methyl sites for hydroxylation is 2. The molecule has 0 spiro atoms. The second kappa shape index (κ2) is 7.36. The van der Waals surface area contributed by atoms with Crippen molar-refractivity contribution in [1.82, 2.24) is 14.8 Å². The highest BCUT2D eigenvalue weighted by atomic mass is 32.1. The molecular weight excluding hydrogens is 290 g/mol. The molecule has 0 radical (unpaired) electrons. The summed E-state index contributed by atoms with van der Waals surface area (Å²) >= 11 is 1.89. The Bertz CT molecular complexity index is 608. The molecule has 1 aliphatic rings. The van der Waals surface area contributed by atoms with Gasteiger partial charge in [-0.2, -0.15) is 0 Å². The summed E-state index contributed by atoms with van der Waals surface area (Å²) in [5.74, 6) is 0. The van der Waals surface area contributed by atoms with E-state index >= 15 is 0 Å². The Morgan fingerprint density at radius 2 is 1.77 bits per heavy atom. The first kappa shape index (κ1) is 15.7. The van der Waals surface area contributed by atoms with Gasteiger partial charge in [-0.3, -0.25) is 14.8 Å². The molecule has 1 saturated heterocycles. The van der Waals surface area contributed by atoms with Gasteiger partial charge < -0.3 is 0 Å². The third-order valence-corrected chi connectivity index (χ3v) is 5.36. The molecule has 1 fully saturated rings. The van der Waals surface area contributed by atoms with Gasteiger partial charge in [-0.25, -0.2) is 0 Å². The molecule has 22 heavy (non-hydrogen) atoms. The number of thiophene rings is 1. The van der Waals surface area contributed by atoms with Crippen LogP contribution >= 0.6 is 11.3 Å². The number of pyridine rings is 1. The first-order valence-corrected chi connectivity index (χ1v) is 8.99. The van der Waals surface area contributed by atoms with Crippen LogP contribution in [-0.4, -0.2) is 41.0 Å². The number of rotatable bonds is 4. The van der Waals surface area contributed by atoms with Crippen molar-refractivity contribution in [1.29, 1.82) is 0 Å². The Morgan fingerprint density at radius 1 is 1.00 bits per heavy atom. The monoisotopic (exact) mass is 315 g/mol. The lowest BCUT2D eigenvalue weighted by Crippen LogP contribution is -2.30. The SMILES string of the molecule is Cc1cccc(CN2CCCN(Cc3sccc3C)CC2)n1. The molecule has 118 valence electrons. The average Bonchev–Trinajstić information content (AvgIpc) is 2.76. The van der Waals surface area contributed by atoms with Crippen LogP contribution in [0.25, 0.3) is 0 Å². The Labute approximate surface area is 137 Å². The fourth-order valence-corrected chi connectivity index (χ4v) is 3.97. The maximum absolute atomic E-state index is 4.64. The Kier molecular flexibility index (Phi) is 5.24. The third kappa shape index (κ3) is 4.15. The van der Waals surface area contributed by atoms with E-state index in [0.717, 1.165) is 31.9 Å². The fraction of sp³-hybridized carbons (Fsp3) is 0.500. The highest BCUT2D eigenvalue weighted by Crippen LogP contribution is 2.19. The van der Waals surface area contributed by atoms with E-state index < -0.39 is 0 Å². The van der Waals surface area contributed by atoms with E-state index in [9.17, 15) is 0 Å². The quantitative estimate of drug-likeness (QED) is 0.861. The molecule has 0 unspecified atom stereocenters. The molecular formula is C18H25N3S. The van der Waals surface area contributed by atoms with Gasteiger partial charge in [0.05, 0.1) is 5.69 Å². The van der Waals surface area contributed by atoms with Crippen molar-refractivity contribution < 1.29 is 0 Å². The topological polar surface area (TPSA) is 19.4 Å². The molecule has 1 aliphatic heterocycles. The van der Waals surface area contributed by atoms with Gasteiger partial charge in [0, 0.05) is 36.8 Å². The van der Waals surface area contributed by atoms with E-state index in [1.54, 1.807) is 0 Å². The van der Waals surface area contributed by atoms with Crippen LogP contribution < -0.4 is 0 Å². The molecule has 2 aromatic heterocycles. The van der Waals surface area contributed by atoms with Gasteiger partial charge >= 0.3 is 0 Å². The van der Waals surface area contributed by atoms with Gasteiger partial charge in [0.15, 0.2) is 0 Å². The predicted molar refractivity (Wildman–Crippen MR) is 93.2 cm³/mol. The van der Waals surface area contributed by atoms with Crippen LogP contribution in [0.5, 0.6) is 0 Å². The zero-order valence-corrected chi connectivity index (χ0v) is 14.4. The number of hydrogen-bond donors (Lipinski definition) is 0. The second-order valence-electron chi connectivity index (χ2n) is 6.20. The summed E-state index contributed by atoms with van der Waals surface area (Å²) in [6, 6.07) is 8.55. The summed E-state index contributed by atoms with van der Waals surface area (Å²) in [5.41, 5.74) is 3.75. The minimum Gasteiger partial charge on any atom is -0.297 e. The smallest absolute Gasteiger partial charge is 0.0547 e. The fourth-order valence-electron chi connectivity index (χ4n) is 3.03. The van der Waals surface area contributed by atoms with E-state index in [-0.39, 0.29) is 0 Å². The molecule has 2 aromatic rings. The van der Waals surface area contributed by atoms with Crippen molar-refractivity contribution in [2.45, 2.75) is 33.4 Å². The van der Waals surface area contributed by atoms with Crippen molar-refractivity contribution in [3.63, 3.8) is 0 Å². The maximum Gasteiger partial charge on any atom is 0.0547 e. The standard InChI is InChI=1S/C18H25N3S/c1-15-7-12-22-18(15)14-21-9-4-8-20(10-11-21)13-17-6-3-5-16(2)19-17/h3,5-7,12H,4,8-11,13-14H2,1-2H3. The number of hydrogen-bond acceptors (Lipinski definition) is 4. The molecule has 0 bridgehead atoms. The van der Waals surface area contributed by atoms with Gasteiger partial charge in [0.2, 0.25) is 0 Å². The largest absolute Gasteiger partial charge is 0.297 e. The molecule has 0 N–H and O–H groups in total. The molecule has 3 nitrogen and oxygen atoms in total. The molecule has 0 atom stereocenters. The van der Waals surface area contributed by atoms with Crippen molar-refractivity contribution in [3.8, 4) is 0 Å².